The smallest absolute Gasteiger partial charge is 0.184 e. The van der Waals surface area contributed by atoms with Gasteiger partial charge in [0.2, 0.25) is 0 Å². The molecule has 1 aromatic rings. The van der Waals surface area contributed by atoms with E-state index in [4.69, 9.17) is 14.2 Å². The van der Waals surface area contributed by atoms with E-state index >= 15 is 0 Å². The Bertz CT molecular complexity index is 374. The summed E-state index contributed by atoms with van der Waals surface area (Å²) in [6.07, 6.45) is 6.07. The highest BCUT2D eigenvalue weighted by Crippen LogP contribution is 2.29. The van der Waals surface area contributed by atoms with E-state index in [2.05, 4.69) is 6.92 Å². The van der Waals surface area contributed by atoms with E-state index in [-0.39, 0.29) is 6.29 Å². The second kappa shape index (κ2) is 8.28. The van der Waals surface area contributed by atoms with Crippen molar-refractivity contribution in [2.45, 2.75) is 58.3 Å². The number of hydrogen-bond donors (Lipinski definition) is 0. The molecule has 0 aliphatic carbocycles. The molecule has 20 heavy (non-hydrogen) atoms. The summed E-state index contributed by atoms with van der Waals surface area (Å²) in [5.41, 5.74) is 1.08. The van der Waals surface area contributed by atoms with Crippen LogP contribution in [0.15, 0.2) is 24.3 Å². The van der Waals surface area contributed by atoms with Crippen LogP contribution in [0.5, 0.6) is 5.75 Å². The molecular formula is C17H26O3. The predicted octanol–water partition coefficient (Wildman–Crippen LogP) is 4.47. The fourth-order valence-electron chi connectivity index (χ4n) is 2.49. The Kier molecular flexibility index (Phi) is 6.34. The third-order valence-corrected chi connectivity index (χ3v) is 3.62. The van der Waals surface area contributed by atoms with E-state index in [0.29, 0.717) is 12.7 Å². The van der Waals surface area contributed by atoms with Crippen molar-refractivity contribution >= 4 is 0 Å². The van der Waals surface area contributed by atoms with E-state index in [9.17, 15) is 0 Å². The van der Waals surface area contributed by atoms with Gasteiger partial charge in [-0.3, -0.25) is 0 Å². The van der Waals surface area contributed by atoms with Crippen molar-refractivity contribution in [3.05, 3.63) is 29.8 Å². The number of ether oxygens (including phenoxy) is 3. The zero-order valence-electron chi connectivity index (χ0n) is 12.6. The summed E-state index contributed by atoms with van der Waals surface area (Å²) in [5.74, 6) is 0.895. The first kappa shape index (κ1) is 15.3. The average Bonchev–Trinajstić information content (AvgIpc) is 2.49. The van der Waals surface area contributed by atoms with Crippen LogP contribution in [0.2, 0.25) is 0 Å². The molecule has 0 aromatic heterocycles. The van der Waals surface area contributed by atoms with Crippen LogP contribution in [0.4, 0.5) is 0 Å². The van der Waals surface area contributed by atoms with Crippen LogP contribution < -0.4 is 4.74 Å². The van der Waals surface area contributed by atoms with Gasteiger partial charge in [-0.05, 0) is 31.9 Å². The predicted molar refractivity (Wildman–Crippen MR) is 79.9 cm³/mol. The molecule has 0 saturated carbocycles. The lowest BCUT2D eigenvalue weighted by Crippen LogP contribution is -2.26. The fourth-order valence-corrected chi connectivity index (χ4v) is 2.49. The third-order valence-electron chi connectivity index (χ3n) is 3.62. The van der Waals surface area contributed by atoms with Gasteiger partial charge < -0.3 is 14.2 Å². The molecule has 1 aliphatic rings. The van der Waals surface area contributed by atoms with Gasteiger partial charge in [0.1, 0.15) is 5.75 Å². The molecule has 1 aliphatic heterocycles. The second-order valence-electron chi connectivity index (χ2n) is 5.25. The van der Waals surface area contributed by atoms with E-state index in [1.165, 1.54) is 19.3 Å². The highest BCUT2D eigenvalue weighted by molar-refractivity contribution is 5.28. The maximum Gasteiger partial charge on any atom is 0.184 e. The summed E-state index contributed by atoms with van der Waals surface area (Å²) in [4.78, 5) is 0. The maximum absolute atomic E-state index is 6.06. The molecule has 0 amide bonds. The molecule has 0 bridgehead atoms. The Hall–Kier alpha value is -1.06. The largest absolute Gasteiger partial charge is 0.494 e. The molecule has 1 fully saturated rings. The van der Waals surface area contributed by atoms with Crippen LogP contribution in [0.25, 0.3) is 0 Å². The van der Waals surface area contributed by atoms with Crippen molar-refractivity contribution in [3.8, 4) is 5.75 Å². The van der Waals surface area contributed by atoms with Gasteiger partial charge in [0.05, 0.1) is 19.3 Å². The quantitative estimate of drug-likeness (QED) is 0.689. The van der Waals surface area contributed by atoms with Gasteiger partial charge in [0.15, 0.2) is 6.29 Å². The summed E-state index contributed by atoms with van der Waals surface area (Å²) in [6.45, 7) is 5.69. The molecule has 0 N–H and O–H groups in total. The Morgan fingerprint density at radius 1 is 1.15 bits per heavy atom. The van der Waals surface area contributed by atoms with Crippen molar-refractivity contribution in [3.63, 3.8) is 0 Å². The van der Waals surface area contributed by atoms with E-state index in [1.54, 1.807) is 0 Å². The van der Waals surface area contributed by atoms with Gasteiger partial charge in [-0.15, -0.1) is 0 Å². The van der Waals surface area contributed by atoms with Crippen LogP contribution in [0.1, 0.15) is 57.8 Å². The first-order chi connectivity index (χ1) is 9.83. The molecule has 1 saturated heterocycles. The summed E-state index contributed by atoms with van der Waals surface area (Å²) in [7, 11) is 0. The average molecular weight is 278 g/mol. The van der Waals surface area contributed by atoms with Gasteiger partial charge in [0, 0.05) is 5.56 Å². The lowest BCUT2D eigenvalue weighted by Gasteiger charge is -2.30. The number of hydrogen-bond acceptors (Lipinski definition) is 3. The van der Waals surface area contributed by atoms with E-state index in [0.717, 1.165) is 30.8 Å². The highest BCUT2D eigenvalue weighted by atomic mass is 16.7. The van der Waals surface area contributed by atoms with Crippen LogP contribution >= 0.6 is 0 Å². The molecule has 2 rings (SSSR count). The Morgan fingerprint density at radius 2 is 1.95 bits per heavy atom. The number of unbranched alkanes of at least 4 members (excludes halogenated alkanes) is 2. The monoisotopic (exact) mass is 278 g/mol. The zero-order chi connectivity index (χ0) is 14.2. The van der Waals surface area contributed by atoms with Crippen LogP contribution in [-0.4, -0.2) is 19.3 Å². The molecular weight excluding hydrogens is 252 g/mol. The van der Waals surface area contributed by atoms with Gasteiger partial charge in [0.25, 0.3) is 0 Å². The van der Waals surface area contributed by atoms with Crippen LogP contribution in [0.3, 0.4) is 0 Å². The minimum atomic E-state index is -0.217. The van der Waals surface area contributed by atoms with Crippen molar-refractivity contribution in [2.75, 3.05) is 13.2 Å². The minimum absolute atomic E-state index is 0.217. The summed E-state index contributed by atoms with van der Waals surface area (Å²) < 4.78 is 17.2. The van der Waals surface area contributed by atoms with Gasteiger partial charge >= 0.3 is 0 Å². The van der Waals surface area contributed by atoms with Gasteiger partial charge in [-0.2, -0.15) is 0 Å². The maximum atomic E-state index is 6.06. The minimum Gasteiger partial charge on any atom is -0.494 e. The highest BCUT2D eigenvalue weighted by Gasteiger charge is 2.23. The molecule has 112 valence electrons. The van der Waals surface area contributed by atoms with Crippen molar-refractivity contribution in [1.29, 1.82) is 0 Å². The summed E-state index contributed by atoms with van der Waals surface area (Å²) >= 11 is 0. The summed E-state index contributed by atoms with van der Waals surface area (Å²) in [5, 5.41) is 0. The number of benzene rings is 1. The first-order valence-corrected chi connectivity index (χ1v) is 7.83. The van der Waals surface area contributed by atoms with Gasteiger partial charge in [-0.25, -0.2) is 0 Å². The topological polar surface area (TPSA) is 27.7 Å². The Morgan fingerprint density at radius 3 is 2.65 bits per heavy atom. The second-order valence-corrected chi connectivity index (χ2v) is 5.25. The van der Waals surface area contributed by atoms with Gasteiger partial charge in [-0.1, -0.05) is 38.3 Å². The van der Waals surface area contributed by atoms with Crippen molar-refractivity contribution in [2.24, 2.45) is 0 Å². The molecule has 0 radical (unpaired) electrons. The molecule has 1 heterocycles. The van der Waals surface area contributed by atoms with Crippen molar-refractivity contribution in [1.82, 2.24) is 0 Å². The first-order valence-electron chi connectivity index (χ1n) is 7.83. The van der Waals surface area contributed by atoms with Crippen LogP contribution in [0, 0.1) is 0 Å². The lowest BCUT2D eigenvalue weighted by atomic mass is 10.1. The van der Waals surface area contributed by atoms with E-state index in [1.807, 2.05) is 31.2 Å². The molecule has 1 aromatic carbocycles. The normalized spacial score (nSPS) is 22.7. The standard InChI is InChI=1S/C17H26O3/c1-3-5-6-7-16-12-13-19-17(20-16)14-8-10-15(11-9-14)18-4-2/h8-11,16-17H,3-7,12-13H2,1-2H3. The van der Waals surface area contributed by atoms with Crippen LogP contribution in [-0.2, 0) is 9.47 Å². The van der Waals surface area contributed by atoms with Crippen molar-refractivity contribution < 1.29 is 14.2 Å². The summed E-state index contributed by atoms with van der Waals surface area (Å²) in [6, 6.07) is 8.02. The lowest BCUT2D eigenvalue weighted by molar-refractivity contribution is -0.218. The Balaban J connectivity index is 1.87. The zero-order valence-corrected chi connectivity index (χ0v) is 12.6. The fraction of sp³-hybridized carbons (Fsp3) is 0.647. The SMILES string of the molecule is CCCCCC1CCOC(c2ccc(OCC)cc2)O1. The molecule has 3 heteroatoms. The Labute approximate surface area is 122 Å². The molecule has 0 spiro atoms. The van der Waals surface area contributed by atoms with E-state index < -0.39 is 0 Å². The third kappa shape index (κ3) is 4.50. The number of rotatable bonds is 7. The molecule has 2 unspecified atom stereocenters. The molecule has 3 nitrogen and oxygen atoms in total. The molecule has 2 atom stereocenters.